The van der Waals surface area contributed by atoms with E-state index in [-0.39, 0.29) is 10.8 Å². The maximum Gasteiger partial charge on any atom is 0.404 e. The summed E-state index contributed by atoms with van der Waals surface area (Å²) in [5, 5.41) is 25.5. The molecule has 1 aromatic heterocycles. The highest BCUT2D eigenvalue weighted by atomic mass is 35.5. The lowest BCUT2D eigenvalue weighted by Crippen LogP contribution is -2.22. The van der Waals surface area contributed by atoms with Crippen LogP contribution >= 0.6 is 11.6 Å². The molecule has 8 nitrogen and oxygen atoms in total. The molecule has 0 bridgehead atoms. The maximum atomic E-state index is 11.3. The second kappa shape index (κ2) is 7.59. The van der Waals surface area contributed by atoms with Crippen LogP contribution in [-0.2, 0) is 0 Å². The van der Waals surface area contributed by atoms with Crippen LogP contribution in [0.1, 0.15) is 12.8 Å². The molecule has 122 valence electrons. The summed E-state index contributed by atoms with van der Waals surface area (Å²) in [5.41, 5.74) is 0.643. The molecule has 0 atom stereocenters. The Kier molecular flexibility index (Phi) is 5.53. The van der Waals surface area contributed by atoms with E-state index in [9.17, 15) is 14.9 Å². The highest BCUT2D eigenvalue weighted by Gasteiger charge is 2.23. The Morgan fingerprint density at radius 2 is 2.00 bits per heavy atom. The Balaban J connectivity index is 2.16. The normalized spacial score (nSPS) is 10.5. The van der Waals surface area contributed by atoms with Crippen LogP contribution in [0.5, 0.6) is 0 Å². The molecule has 0 radical (unpaired) electrons. The van der Waals surface area contributed by atoms with Crippen LogP contribution in [0, 0.1) is 10.1 Å². The van der Waals surface area contributed by atoms with Gasteiger partial charge in [0.25, 0.3) is 0 Å². The number of benzene rings is 1. The van der Waals surface area contributed by atoms with E-state index in [1.165, 1.54) is 0 Å². The van der Waals surface area contributed by atoms with Gasteiger partial charge in [-0.05, 0) is 18.9 Å². The molecule has 23 heavy (non-hydrogen) atoms. The molecule has 0 fully saturated rings. The molecule has 2 aromatic rings. The van der Waals surface area contributed by atoms with Crippen molar-refractivity contribution in [1.29, 1.82) is 0 Å². The molecule has 9 heteroatoms. The van der Waals surface area contributed by atoms with Crippen molar-refractivity contribution in [2.75, 3.05) is 18.4 Å². The molecule has 1 aromatic carbocycles. The van der Waals surface area contributed by atoms with Gasteiger partial charge in [-0.25, -0.2) is 9.78 Å². The number of halogens is 1. The summed E-state index contributed by atoms with van der Waals surface area (Å²) in [6, 6.07) is 7.01. The van der Waals surface area contributed by atoms with E-state index in [4.69, 9.17) is 16.7 Å². The third-order valence-corrected chi connectivity index (χ3v) is 3.45. The van der Waals surface area contributed by atoms with Crippen LogP contribution in [0.4, 0.5) is 16.2 Å². The first-order valence-electron chi connectivity index (χ1n) is 6.94. The third-order valence-electron chi connectivity index (χ3n) is 3.19. The predicted octanol–water partition coefficient (Wildman–Crippen LogP) is 3.26. The molecular formula is C14H15ClN4O4. The van der Waals surface area contributed by atoms with Gasteiger partial charge in [0, 0.05) is 18.5 Å². The summed E-state index contributed by atoms with van der Waals surface area (Å²) in [6.07, 6.45) is 0.190. The van der Waals surface area contributed by atoms with Crippen LogP contribution in [0.2, 0.25) is 5.15 Å². The van der Waals surface area contributed by atoms with Crippen LogP contribution in [0.3, 0.4) is 0 Å². The molecule has 0 saturated carbocycles. The van der Waals surface area contributed by atoms with Gasteiger partial charge in [0.05, 0.1) is 10.4 Å². The number of carboxylic acid groups (broad SMARTS) is 1. The Morgan fingerprint density at radius 3 is 2.70 bits per heavy atom. The fourth-order valence-electron chi connectivity index (χ4n) is 2.18. The van der Waals surface area contributed by atoms with E-state index in [0.29, 0.717) is 42.5 Å². The van der Waals surface area contributed by atoms with Crippen molar-refractivity contribution >= 4 is 40.0 Å². The maximum absolute atomic E-state index is 11.3. The number of nitrogens with zero attached hydrogens (tertiary/aromatic N) is 2. The van der Waals surface area contributed by atoms with Crippen LogP contribution < -0.4 is 10.6 Å². The van der Waals surface area contributed by atoms with Crippen LogP contribution in [-0.4, -0.2) is 34.2 Å². The predicted molar refractivity (Wildman–Crippen MR) is 87.2 cm³/mol. The van der Waals surface area contributed by atoms with E-state index < -0.39 is 11.0 Å². The largest absolute Gasteiger partial charge is 0.465 e. The van der Waals surface area contributed by atoms with Crippen molar-refractivity contribution in [1.82, 2.24) is 10.3 Å². The highest BCUT2D eigenvalue weighted by Crippen LogP contribution is 2.37. The Labute approximate surface area is 136 Å². The Bertz CT molecular complexity index is 738. The number of pyridine rings is 1. The highest BCUT2D eigenvalue weighted by molar-refractivity contribution is 6.33. The number of hydrogen-bond acceptors (Lipinski definition) is 5. The van der Waals surface area contributed by atoms with Gasteiger partial charge < -0.3 is 15.7 Å². The number of para-hydroxylation sites is 1. The van der Waals surface area contributed by atoms with Crippen molar-refractivity contribution < 1.29 is 14.8 Å². The van der Waals surface area contributed by atoms with Gasteiger partial charge >= 0.3 is 11.8 Å². The number of unbranched alkanes of at least 4 members (excludes halogenated alkanes) is 1. The number of aromatic nitrogens is 1. The summed E-state index contributed by atoms with van der Waals surface area (Å²) in [6.45, 7) is 0.781. The zero-order valence-electron chi connectivity index (χ0n) is 12.1. The number of rotatable bonds is 7. The number of anilines is 1. The van der Waals surface area contributed by atoms with E-state index in [1.807, 2.05) is 0 Å². The molecule has 0 aliphatic rings. The summed E-state index contributed by atoms with van der Waals surface area (Å²) in [5.74, 6) is 0. The molecule has 3 N–H and O–H groups in total. The standard InChI is InChI=1S/C14H15ClN4O4/c15-13-12(19(22)23)11(9-5-1-2-6-10(9)18-13)16-7-3-4-8-17-14(20)21/h1-2,5-6,17H,3-4,7-8H2,(H,16,18)(H,20,21). The minimum absolute atomic E-state index is 0.163. The molecule has 0 unspecified atom stereocenters. The number of nitro groups is 1. The Hall–Kier alpha value is -2.61. The van der Waals surface area contributed by atoms with Crippen LogP contribution in [0.15, 0.2) is 24.3 Å². The molecule has 0 aliphatic heterocycles. The summed E-state index contributed by atoms with van der Waals surface area (Å²) in [7, 11) is 0. The number of hydrogen-bond donors (Lipinski definition) is 3. The summed E-state index contributed by atoms with van der Waals surface area (Å²) < 4.78 is 0. The number of carbonyl (C=O) groups is 1. The lowest BCUT2D eigenvalue weighted by atomic mass is 10.1. The second-order valence-electron chi connectivity index (χ2n) is 4.77. The summed E-state index contributed by atoms with van der Waals surface area (Å²) in [4.78, 5) is 25.1. The van der Waals surface area contributed by atoms with Gasteiger partial charge in [0.1, 0.15) is 5.69 Å². The number of amides is 1. The summed E-state index contributed by atoms with van der Waals surface area (Å²) >= 11 is 5.93. The monoisotopic (exact) mass is 338 g/mol. The quantitative estimate of drug-likeness (QED) is 0.309. The van der Waals surface area contributed by atoms with Crippen molar-refractivity contribution in [3.63, 3.8) is 0 Å². The van der Waals surface area contributed by atoms with E-state index in [0.717, 1.165) is 0 Å². The minimum Gasteiger partial charge on any atom is -0.465 e. The molecule has 1 amide bonds. The lowest BCUT2D eigenvalue weighted by Gasteiger charge is -2.11. The number of fused-ring (bicyclic) bond motifs is 1. The zero-order valence-corrected chi connectivity index (χ0v) is 12.8. The smallest absolute Gasteiger partial charge is 0.404 e. The first kappa shape index (κ1) is 16.8. The Morgan fingerprint density at radius 1 is 1.30 bits per heavy atom. The molecule has 0 spiro atoms. The van der Waals surface area contributed by atoms with Crippen LogP contribution in [0.25, 0.3) is 10.9 Å². The molecular weight excluding hydrogens is 324 g/mol. The van der Waals surface area contributed by atoms with Crippen molar-refractivity contribution in [3.8, 4) is 0 Å². The topological polar surface area (TPSA) is 117 Å². The van der Waals surface area contributed by atoms with Gasteiger partial charge in [-0.15, -0.1) is 0 Å². The molecule has 1 heterocycles. The van der Waals surface area contributed by atoms with Gasteiger partial charge in [0.2, 0.25) is 5.15 Å². The van der Waals surface area contributed by atoms with Crippen molar-refractivity contribution in [2.45, 2.75) is 12.8 Å². The van der Waals surface area contributed by atoms with E-state index >= 15 is 0 Å². The SMILES string of the molecule is O=C(O)NCCCCNc1c([N+](=O)[O-])c(Cl)nc2ccccc12. The average Bonchev–Trinajstić information content (AvgIpc) is 2.49. The first-order chi connectivity index (χ1) is 11.0. The molecule has 0 saturated heterocycles. The van der Waals surface area contributed by atoms with Gasteiger partial charge in [-0.3, -0.25) is 10.1 Å². The molecule has 0 aliphatic carbocycles. The molecule has 2 rings (SSSR count). The van der Waals surface area contributed by atoms with Crippen molar-refractivity contribution in [2.24, 2.45) is 0 Å². The van der Waals surface area contributed by atoms with E-state index in [2.05, 4.69) is 15.6 Å². The fourth-order valence-corrected chi connectivity index (χ4v) is 2.43. The van der Waals surface area contributed by atoms with Gasteiger partial charge in [-0.2, -0.15) is 0 Å². The van der Waals surface area contributed by atoms with Gasteiger partial charge in [0.15, 0.2) is 0 Å². The van der Waals surface area contributed by atoms with Gasteiger partial charge in [-0.1, -0.05) is 29.8 Å². The lowest BCUT2D eigenvalue weighted by molar-refractivity contribution is -0.384. The van der Waals surface area contributed by atoms with Crippen molar-refractivity contribution in [3.05, 3.63) is 39.5 Å². The zero-order chi connectivity index (χ0) is 16.8. The second-order valence-corrected chi connectivity index (χ2v) is 5.12. The minimum atomic E-state index is -1.07. The number of nitrogens with one attached hydrogen (secondary N) is 2. The average molecular weight is 339 g/mol. The fraction of sp³-hybridized carbons (Fsp3) is 0.286. The third kappa shape index (κ3) is 4.19. The first-order valence-corrected chi connectivity index (χ1v) is 7.32. The van der Waals surface area contributed by atoms with E-state index in [1.54, 1.807) is 24.3 Å².